The summed E-state index contributed by atoms with van der Waals surface area (Å²) in [7, 11) is 0. The number of hydrogen-bond donors (Lipinski definition) is 1. The molecule has 1 aromatic heterocycles. The van der Waals surface area contributed by atoms with Crippen molar-refractivity contribution >= 4 is 10.9 Å². The molecular formula is C20H32N2. The van der Waals surface area contributed by atoms with E-state index in [0.717, 1.165) is 13.0 Å². The first-order valence-electron chi connectivity index (χ1n) is 8.78. The molecule has 22 heavy (non-hydrogen) atoms. The van der Waals surface area contributed by atoms with Gasteiger partial charge in [0.1, 0.15) is 0 Å². The number of nitrogens with zero attached hydrogens (tertiary/aromatic N) is 1. The van der Waals surface area contributed by atoms with Crippen LogP contribution in [0.5, 0.6) is 0 Å². The standard InChI is InChI=1S/C20H32N2/c1-6-11-22(12-7-2)13-10-16-15-21-19-9-8-17(14-18(16)19)20(3,4)5/h8-9,14-15,21H,6-7,10-13H2,1-5H3. The number of benzene rings is 1. The molecule has 1 N–H and O–H groups in total. The summed E-state index contributed by atoms with van der Waals surface area (Å²) in [6.45, 7) is 15.0. The molecule has 2 rings (SSSR count). The molecule has 1 aromatic carbocycles. The topological polar surface area (TPSA) is 19.0 Å². The Kier molecular flexibility index (Phi) is 5.69. The van der Waals surface area contributed by atoms with Gasteiger partial charge in [-0.25, -0.2) is 0 Å². The van der Waals surface area contributed by atoms with E-state index in [1.165, 1.54) is 48.0 Å². The van der Waals surface area contributed by atoms with Gasteiger partial charge in [-0.3, -0.25) is 0 Å². The van der Waals surface area contributed by atoms with Crippen molar-refractivity contribution in [3.63, 3.8) is 0 Å². The van der Waals surface area contributed by atoms with Gasteiger partial charge in [0.05, 0.1) is 0 Å². The molecule has 0 saturated carbocycles. The Hall–Kier alpha value is -1.28. The maximum absolute atomic E-state index is 3.44. The second-order valence-corrected chi connectivity index (χ2v) is 7.42. The van der Waals surface area contributed by atoms with Crippen LogP contribution in [0, 0.1) is 0 Å². The van der Waals surface area contributed by atoms with Crippen LogP contribution in [0.1, 0.15) is 58.6 Å². The predicted octanol–water partition coefficient (Wildman–Crippen LogP) is 5.13. The molecule has 0 fully saturated rings. The van der Waals surface area contributed by atoms with E-state index in [2.05, 4.69) is 68.9 Å². The van der Waals surface area contributed by atoms with Crippen molar-refractivity contribution in [3.8, 4) is 0 Å². The van der Waals surface area contributed by atoms with Crippen LogP contribution >= 0.6 is 0 Å². The third-order valence-corrected chi connectivity index (χ3v) is 4.41. The molecule has 0 atom stereocenters. The number of aromatic amines is 1. The molecule has 0 amide bonds. The van der Waals surface area contributed by atoms with Crippen molar-refractivity contribution < 1.29 is 0 Å². The number of hydrogen-bond acceptors (Lipinski definition) is 1. The lowest BCUT2D eigenvalue weighted by atomic mass is 9.86. The lowest BCUT2D eigenvalue weighted by molar-refractivity contribution is 0.278. The quantitative estimate of drug-likeness (QED) is 0.751. The van der Waals surface area contributed by atoms with Gasteiger partial charge in [0.25, 0.3) is 0 Å². The molecule has 2 nitrogen and oxygen atoms in total. The second kappa shape index (κ2) is 7.32. The number of nitrogens with one attached hydrogen (secondary N) is 1. The zero-order valence-electron chi connectivity index (χ0n) is 15.0. The molecule has 0 aliphatic heterocycles. The van der Waals surface area contributed by atoms with Crippen molar-refractivity contribution in [2.45, 2.75) is 59.3 Å². The first kappa shape index (κ1) is 17.1. The van der Waals surface area contributed by atoms with Crippen molar-refractivity contribution in [1.29, 1.82) is 0 Å². The monoisotopic (exact) mass is 300 g/mol. The van der Waals surface area contributed by atoms with E-state index in [-0.39, 0.29) is 5.41 Å². The molecule has 2 aromatic rings. The lowest BCUT2D eigenvalue weighted by Gasteiger charge is -2.21. The van der Waals surface area contributed by atoms with Gasteiger partial charge in [0, 0.05) is 23.6 Å². The lowest BCUT2D eigenvalue weighted by Crippen LogP contribution is -2.27. The van der Waals surface area contributed by atoms with Crippen LogP contribution in [-0.2, 0) is 11.8 Å². The Morgan fingerprint density at radius 1 is 1.00 bits per heavy atom. The summed E-state index contributed by atoms with van der Waals surface area (Å²) in [5.74, 6) is 0. The van der Waals surface area contributed by atoms with E-state index in [0.29, 0.717) is 0 Å². The zero-order chi connectivity index (χ0) is 16.2. The minimum absolute atomic E-state index is 0.208. The van der Waals surface area contributed by atoms with E-state index in [1.54, 1.807) is 0 Å². The molecule has 1 heterocycles. The van der Waals surface area contributed by atoms with Gasteiger partial charge in [-0.2, -0.15) is 0 Å². The normalized spacial score (nSPS) is 12.5. The SMILES string of the molecule is CCCN(CCC)CCc1c[nH]c2ccc(C(C)(C)C)cc12. The number of rotatable bonds is 7. The molecule has 122 valence electrons. The van der Waals surface area contributed by atoms with Crippen LogP contribution in [-0.4, -0.2) is 29.5 Å². The van der Waals surface area contributed by atoms with Gasteiger partial charge in [-0.15, -0.1) is 0 Å². The van der Waals surface area contributed by atoms with Crippen LogP contribution in [0.15, 0.2) is 24.4 Å². The largest absolute Gasteiger partial charge is 0.361 e. The molecule has 0 spiro atoms. The maximum Gasteiger partial charge on any atom is 0.0457 e. The maximum atomic E-state index is 3.44. The first-order chi connectivity index (χ1) is 10.5. The Morgan fingerprint density at radius 2 is 1.68 bits per heavy atom. The average molecular weight is 300 g/mol. The predicted molar refractivity (Wildman–Crippen MR) is 97.7 cm³/mol. The highest BCUT2D eigenvalue weighted by Gasteiger charge is 2.15. The minimum Gasteiger partial charge on any atom is -0.361 e. The summed E-state index contributed by atoms with van der Waals surface area (Å²) in [6, 6.07) is 6.86. The molecule has 0 radical (unpaired) electrons. The third kappa shape index (κ3) is 4.13. The van der Waals surface area contributed by atoms with E-state index in [4.69, 9.17) is 0 Å². The molecule has 2 heteroatoms. The highest BCUT2D eigenvalue weighted by atomic mass is 15.1. The fourth-order valence-electron chi connectivity index (χ4n) is 3.10. The van der Waals surface area contributed by atoms with E-state index in [9.17, 15) is 0 Å². The molecule has 0 saturated heterocycles. The number of H-pyrrole nitrogens is 1. The molecule has 0 aliphatic carbocycles. The third-order valence-electron chi connectivity index (χ3n) is 4.41. The van der Waals surface area contributed by atoms with Crippen molar-refractivity contribution in [3.05, 3.63) is 35.5 Å². The van der Waals surface area contributed by atoms with Gasteiger partial charge in [-0.05, 0) is 61.0 Å². The fourth-order valence-corrected chi connectivity index (χ4v) is 3.10. The summed E-state index contributed by atoms with van der Waals surface area (Å²) in [5, 5.41) is 1.40. The Morgan fingerprint density at radius 3 is 2.27 bits per heavy atom. The first-order valence-corrected chi connectivity index (χ1v) is 8.78. The van der Waals surface area contributed by atoms with E-state index < -0.39 is 0 Å². The van der Waals surface area contributed by atoms with Gasteiger partial charge in [0.15, 0.2) is 0 Å². The van der Waals surface area contributed by atoms with Gasteiger partial charge in [-0.1, -0.05) is 40.7 Å². The smallest absolute Gasteiger partial charge is 0.0457 e. The molecule has 0 bridgehead atoms. The summed E-state index contributed by atoms with van der Waals surface area (Å²) in [5.41, 5.74) is 4.35. The Bertz CT molecular complexity index is 583. The number of fused-ring (bicyclic) bond motifs is 1. The molecular weight excluding hydrogens is 268 g/mol. The zero-order valence-corrected chi connectivity index (χ0v) is 15.0. The van der Waals surface area contributed by atoms with Crippen LogP contribution in [0.3, 0.4) is 0 Å². The second-order valence-electron chi connectivity index (χ2n) is 7.42. The molecule has 0 unspecified atom stereocenters. The van der Waals surface area contributed by atoms with Crippen LogP contribution in [0.25, 0.3) is 10.9 Å². The highest BCUT2D eigenvalue weighted by molar-refractivity contribution is 5.84. The van der Waals surface area contributed by atoms with Crippen LogP contribution in [0.2, 0.25) is 0 Å². The van der Waals surface area contributed by atoms with Gasteiger partial charge >= 0.3 is 0 Å². The van der Waals surface area contributed by atoms with Gasteiger partial charge < -0.3 is 9.88 Å². The summed E-state index contributed by atoms with van der Waals surface area (Å²) in [6.07, 6.45) is 5.81. The molecule has 0 aliphatic rings. The minimum atomic E-state index is 0.208. The van der Waals surface area contributed by atoms with Gasteiger partial charge in [0.2, 0.25) is 0 Å². The Balaban J connectivity index is 2.17. The average Bonchev–Trinajstić information content (AvgIpc) is 2.86. The van der Waals surface area contributed by atoms with Crippen molar-refractivity contribution in [1.82, 2.24) is 9.88 Å². The van der Waals surface area contributed by atoms with Crippen molar-refractivity contribution in [2.75, 3.05) is 19.6 Å². The van der Waals surface area contributed by atoms with E-state index >= 15 is 0 Å². The number of aromatic nitrogens is 1. The Labute approximate surface area is 135 Å². The van der Waals surface area contributed by atoms with Crippen LogP contribution < -0.4 is 0 Å². The summed E-state index contributed by atoms with van der Waals surface area (Å²) >= 11 is 0. The summed E-state index contributed by atoms with van der Waals surface area (Å²) < 4.78 is 0. The van der Waals surface area contributed by atoms with E-state index in [1.807, 2.05) is 0 Å². The van der Waals surface area contributed by atoms with Crippen LogP contribution in [0.4, 0.5) is 0 Å². The summed E-state index contributed by atoms with van der Waals surface area (Å²) in [4.78, 5) is 6.03. The fraction of sp³-hybridized carbons (Fsp3) is 0.600. The highest BCUT2D eigenvalue weighted by Crippen LogP contribution is 2.27. The van der Waals surface area contributed by atoms with Crippen molar-refractivity contribution in [2.24, 2.45) is 0 Å².